The molecule has 0 heterocycles. The van der Waals surface area contributed by atoms with Crippen LogP contribution in [0.2, 0.25) is 0 Å². The molecule has 1 aliphatic rings. The van der Waals surface area contributed by atoms with Gasteiger partial charge in [0.1, 0.15) is 4.91 Å². The summed E-state index contributed by atoms with van der Waals surface area (Å²) in [6, 6.07) is 0. The first kappa shape index (κ1) is 19.8. The molecule has 4 nitrogen and oxygen atoms in total. The Morgan fingerprint density at radius 1 is 0.783 bits per heavy atom. The summed E-state index contributed by atoms with van der Waals surface area (Å²) in [5.74, 6) is -1.08. The van der Waals surface area contributed by atoms with Crippen molar-refractivity contribution < 1.29 is 18.0 Å². The van der Waals surface area contributed by atoms with E-state index in [1.807, 2.05) is 0 Å². The van der Waals surface area contributed by atoms with Crippen molar-refractivity contribution >= 4 is 21.4 Å². The van der Waals surface area contributed by atoms with Gasteiger partial charge in [0.2, 0.25) is 0 Å². The lowest BCUT2D eigenvalue weighted by Crippen LogP contribution is -2.19. The topological polar surface area (TPSA) is 68.3 Å². The minimum absolute atomic E-state index is 0.0534. The Morgan fingerprint density at radius 2 is 1.30 bits per heavy atom. The Kier molecular flexibility index (Phi) is 9.07. The lowest BCUT2D eigenvalue weighted by molar-refractivity contribution is -0.114. The fourth-order valence-electron chi connectivity index (χ4n) is 2.62. The maximum Gasteiger partial charge on any atom is 0.197 e. The zero-order valence-electron chi connectivity index (χ0n) is 14.1. The number of unbranched alkanes of at least 4 members (excludes halogenated alkanes) is 9. The lowest BCUT2D eigenvalue weighted by atomic mass is 10.1. The van der Waals surface area contributed by atoms with Gasteiger partial charge in [-0.1, -0.05) is 64.7 Å². The van der Waals surface area contributed by atoms with Crippen LogP contribution in [-0.2, 0) is 19.4 Å². The van der Waals surface area contributed by atoms with E-state index in [0.717, 1.165) is 37.5 Å². The molecule has 0 aromatic rings. The molecule has 1 aliphatic carbocycles. The molecule has 0 N–H and O–H groups in total. The van der Waals surface area contributed by atoms with Gasteiger partial charge in [-0.2, -0.15) is 0 Å². The number of ketones is 2. The molecule has 0 aliphatic heterocycles. The van der Waals surface area contributed by atoms with E-state index in [4.69, 9.17) is 0 Å². The number of carbonyl (C=O) groups excluding carboxylic acids is 2. The highest BCUT2D eigenvalue weighted by Crippen LogP contribution is 2.17. The van der Waals surface area contributed by atoms with Gasteiger partial charge in [-0.15, -0.1) is 0 Å². The maximum atomic E-state index is 12.1. The summed E-state index contributed by atoms with van der Waals surface area (Å²) in [6.07, 6.45) is 14.3. The zero-order chi connectivity index (χ0) is 17.1. The highest BCUT2D eigenvalue weighted by atomic mass is 32.2. The fourth-order valence-corrected chi connectivity index (χ4v) is 4.10. The average Bonchev–Trinajstić information content (AvgIpc) is 2.51. The van der Waals surface area contributed by atoms with Gasteiger partial charge in [-0.3, -0.25) is 9.59 Å². The molecule has 0 radical (unpaired) electrons. The summed E-state index contributed by atoms with van der Waals surface area (Å²) in [5, 5.41) is 0. The van der Waals surface area contributed by atoms with Crippen LogP contribution >= 0.6 is 0 Å². The fraction of sp³-hybridized carbons (Fsp3) is 0.667. The first-order chi connectivity index (χ1) is 11.0. The average molecular weight is 340 g/mol. The highest BCUT2D eigenvalue weighted by Gasteiger charge is 2.25. The molecule has 130 valence electrons. The molecule has 1 rings (SSSR count). The molecule has 0 spiro atoms. The van der Waals surface area contributed by atoms with Gasteiger partial charge < -0.3 is 0 Å². The first-order valence-corrected chi connectivity index (χ1v) is 10.3. The molecular weight excluding hydrogens is 312 g/mol. The van der Waals surface area contributed by atoms with Crippen LogP contribution in [0.1, 0.15) is 71.1 Å². The van der Waals surface area contributed by atoms with Gasteiger partial charge in [0.05, 0.1) is 5.75 Å². The molecule has 23 heavy (non-hydrogen) atoms. The second kappa shape index (κ2) is 10.5. The molecule has 0 unspecified atom stereocenters. The zero-order valence-corrected chi connectivity index (χ0v) is 14.9. The predicted molar refractivity (Wildman–Crippen MR) is 92.9 cm³/mol. The smallest absolute Gasteiger partial charge is 0.197 e. The minimum Gasteiger partial charge on any atom is -0.290 e. The summed E-state index contributed by atoms with van der Waals surface area (Å²) < 4.78 is 24.2. The second-order valence-electron chi connectivity index (χ2n) is 6.11. The van der Waals surface area contributed by atoms with Crippen LogP contribution in [0.15, 0.2) is 23.1 Å². The number of allylic oxidation sites excluding steroid dienone is 4. The Labute approximate surface area is 140 Å². The van der Waals surface area contributed by atoms with Crippen LogP contribution in [0.3, 0.4) is 0 Å². The Morgan fingerprint density at radius 3 is 1.87 bits per heavy atom. The van der Waals surface area contributed by atoms with Gasteiger partial charge in [0.25, 0.3) is 0 Å². The highest BCUT2D eigenvalue weighted by molar-refractivity contribution is 7.96. The predicted octanol–water partition coefficient (Wildman–Crippen LogP) is 3.91. The van der Waals surface area contributed by atoms with Crippen LogP contribution < -0.4 is 0 Å². The number of hydrogen-bond donors (Lipinski definition) is 0. The van der Waals surface area contributed by atoms with Gasteiger partial charge in [0, 0.05) is 6.08 Å². The third kappa shape index (κ3) is 7.73. The Hall–Kier alpha value is -1.23. The van der Waals surface area contributed by atoms with E-state index < -0.39 is 21.4 Å². The second-order valence-corrected chi connectivity index (χ2v) is 8.19. The van der Waals surface area contributed by atoms with E-state index in [9.17, 15) is 18.0 Å². The first-order valence-electron chi connectivity index (χ1n) is 8.68. The van der Waals surface area contributed by atoms with Crippen molar-refractivity contribution in [3.63, 3.8) is 0 Å². The molecule has 0 aromatic heterocycles. The van der Waals surface area contributed by atoms with E-state index in [1.54, 1.807) is 0 Å². The molecule has 5 heteroatoms. The van der Waals surface area contributed by atoms with Crippen LogP contribution in [0.5, 0.6) is 0 Å². The van der Waals surface area contributed by atoms with E-state index in [0.29, 0.717) is 6.42 Å². The van der Waals surface area contributed by atoms with E-state index >= 15 is 0 Å². The normalized spacial score (nSPS) is 15.1. The van der Waals surface area contributed by atoms with Crippen LogP contribution in [0.25, 0.3) is 0 Å². The van der Waals surface area contributed by atoms with Crippen molar-refractivity contribution in [2.75, 3.05) is 5.75 Å². The van der Waals surface area contributed by atoms with Gasteiger partial charge in [-0.25, -0.2) is 8.42 Å². The van der Waals surface area contributed by atoms with E-state index in [2.05, 4.69) is 6.92 Å². The van der Waals surface area contributed by atoms with Gasteiger partial charge >= 0.3 is 0 Å². The maximum absolute atomic E-state index is 12.1. The van der Waals surface area contributed by atoms with Crippen LogP contribution in [0.4, 0.5) is 0 Å². The lowest BCUT2D eigenvalue weighted by Gasteiger charge is -2.08. The Balaban J connectivity index is 2.18. The molecule has 0 saturated heterocycles. The molecule has 0 fully saturated rings. The largest absolute Gasteiger partial charge is 0.290 e. The summed E-state index contributed by atoms with van der Waals surface area (Å²) in [4.78, 5) is 22.5. The molecule has 0 amide bonds. The molecular formula is C18H28O4S. The number of sulfone groups is 1. The quantitative estimate of drug-likeness (QED) is 0.399. The van der Waals surface area contributed by atoms with Crippen molar-refractivity contribution in [3.05, 3.63) is 23.1 Å². The summed E-state index contributed by atoms with van der Waals surface area (Å²) in [7, 11) is -3.63. The number of hydrogen-bond acceptors (Lipinski definition) is 4. The summed E-state index contributed by atoms with van der Waals surface area (Å²) in [5.41, 5.74) is 0. The van der Waals surface area contributed by atoms with Crippen LogP contribution in [-0.4, -0.2) is 25.7 Å². The van der Waals surface area contributed by atoms with Crippen molar-refractivity contribution in [2.45, 2.75) is 71.1 Å². The summed E-state index contributed by atoms with van der Waals surface area (Å²) >= 11 is 0. The van der Waals surface area contributed by atoms with Gasteiger partial charge in [0.15, 0.2) is 21.4 Å². The molecule has 0 bridgehead atoms. The van der Waals surface area contributed by atoms with Gasteiger partial charge in [-0.05, 0) is 18.6 Å². The van der Waals surface area contributed by atoms with Crippen molar-refractivity contribution in [1.29, 1.82) is 0 Å². The number of carbonyl (C=O) groups is 2. The molecule has 0 aromatic carbocycles. The van der Waals surface area contributed by atoms with E-state index in [1.165, 1.54) is 38.5 Å². The standard InChI is InChI=1S/C18H28O4S/c1-2-3-4-5-6-7-8-9-10-11-14-23(21,22)18-15-16(19)12-13-17(18)20/h12-13,15H,2-11,14H2,1H3. The van der Waals surface area contributed by atoms with E-state index in [-0.39, 0.29) is 10.7 Å². The molecule has 0 atom stereocenters. The van der Waals surface area contributed by atoms with Crippen molar-refractivity contribution in [3.8, 4) is 0 Å². The Bertz CT molecular complexity index is 556. The molecule has 0 saturated carbocycles. The van der Waals surface area contributed by atoms with Crippen molar-refractivity contribution in [1.82, 2.24) is 0 Å². The van der Waals surface area contributed by atoms with Crippen molar-refractivity contribution in [2.24, 2.45) is 0 Å². The SMILES string of the molecule is CCCCCCCCCCCCS(=O)(=O)C1=CC(=O)C=CC1=O. The minimum atomic E-state index is -3.63. The number of rotatable bonds is 12. The third-order valence-corrected chi connectivity index (χ3v) is 5.83. The van der Waals surface area contributed by atoms with Crippen LogP contribution in [0, 0.1) is 0 Å². The monoisotopic (exact) mass is 340 g/mol. The summed E-state index contributed by atoms with van der Waals surface area (Å²) in [6.45, 7) is 2.21. The third-order valence-electron chi connectivity index (χ3n) is 4.02.